The van der Waals surface area contributed by atoms with Crippen molar-refractivity contribution < 1.29 is 19.1 Å². The molecule has 0 saturated carbocycles. The molecule has 2 atom stereocenters. The molecule has 0 aliphatic heterocycles. The van der Waals surface area contributed by atoms with Crippen LogP contribution in [0.25, 0.3) is 33.6 Å². The van der Waals surface area contributed by atoms with E-state index in [1.54, 1.807) is 12.4 Å². The topological polar surface area (TPSA) is 134 Å². The first-order valence-corrected chi connectivity index (χ1v) is 15.8. The molecule has 0 radical (unpaired) electrons. The molecule has 0 unspecified atom stereocenters. The molecular weight excluding hydrogens is 580 g/mol. The van der Waals surface area contributed by atoms with Crippen LogP contribution in [-0.2, 0) is 9.47 Å². The van der Waals surface area contributed by atoms with E-state index in [0.29, 0.717) is 11.6 Å². The van der Waals surface area contributed by atoms with Gasteiger partial charge in [-0.25, -0.2) is 19.6 Å². The Bertz CT molecular complexity index is 1480. The largest absolute Gasteiger partial charge is 0.444 e. The molecule has 0 fully saturated rings. The molecule has 2 amide bonds. The average Bonchev–Trinajstić information content (AvgIpc) is 3.63. The molecule has 0 bridgehead atoms. The third-order valence-electron chi connectivity index (χ3n) is 7.18. The van der Waals surface area contributed by atoms with Crippen molar-refractivity contribution in [1.29, 1.82) is 0 Å². The normalized spacial score (nSPS) is 13.4. The summed E-state index contributed by atoms with van der Waals surface area (Å²) < 4.78 is 10.9. The lowest BCUT2D eigenvalue weighted by Gasteiger charge is -2.24. The first kappa shape index (κ1) is 34.3. The van der Waals surface area contributed by atoms with E-state index in [9.17, 15) is 9.59 Å². The predicted octanol–water partition coefficient (Wildman–Crippen LogP) is 8.58. The van der Waals surface area contributed by atoms with Crippen molar-refractivity contribution in [1.82, 2.24) is 30.6 Å². The first-order valence-electron chi connectivity index (χ1n) is 15.8. The van der Waals surface area contributed by atoms with Gasteiger partial charge in [-0.1, -0.05) is 76.2 Å². The molecule has 10 heteroatoms. The van der Waals surface area contributed by atoms with Crippen LogP contribution in [0.2, 0.25) is 0 Å². The molecule has 46 heavy (non-hydrogen) atoms. The minimum absolute atomic E-state index is 0.107. The lowest BCUT2D eigenvalue weighted by atomic mass is 10.0. The van der Waals surface area contributed by atoms with E-state index >= 15 is 0 Å². The number of aromatic amines is 2. The molecule has 2 aromatic carbocycles. The van der Waals surface area contributed by atoms with Crippen molar-refractivity contribution in [3.63, 3.8) is 0 Å². The molecule has 246 valence electrons. The molecule has 0 spiro atoms. The standard InChI is InChI=1S/C36H48N6O4/c1-21(2)29(41-33(43)45-35(5,6)7)31-37-19-27(39-31)25-15-11-23(12-16-25)24-13-17-26(18-14-24)28-20-38-32(40-28)30(22(3)4)42-34(44)46-36(8,9)10/h11-22,29-30H,1-10H3,(H,37,39)(H,38,40)(H,41,43)(H,42,44)/t29-,30+. The summed E-state index contributed by atoms with van der Waals surface area (Å²) in [5, 5.41) is 5.89. The Labute approximate surface area is 272 Å². The number of rotatable bonds is 9. The van der Waals surface area contributed by atoms with E-state index in [-0.39, 0.29) is 23.9 Å². The number of benzene rings is 2. The highest BCUT2D eigenvalue weighted by Crippen LogP contribution is 2.29. The first-order chi connectivity index (χ1) is 21.5. The van der Waals surface area contributed by atoms with E-state index in [4.69, 9.17) is 9.47 Å². The lowest BCUT2D eigenvalue weighted by molar-refractivity contribution is 0.0475. The summed E-state index contributed by atoms with van der Waals surface area (Å²) in [5.41, 5.74) is 4.70. The number of hydrogen-bond donors (Lipinski definition) is 4. The highest BCUT2D eigenvalue weighted by atomic mass is 16.6. The van der Waals surface area contributed by atoms with E-state index in [2.05, 4.69) is 79.1 Å². The summed E-state index contributed by atoms with van der Waals surface area (Å²) in [6.07, 6.45) is 2.64. The number of amides is 2. The number of hydrogen-bond acceptors (Lipinski definition) is 6. The summed E-state index contributed by atoms with van der Waals surface area (Å²) in [4.78, 5) is 40.8. The summed E-state index contributed by atoms with van der Waals surface area (Å²) in [6, 6.07) is 15.9. The maximum Gasteiger partial charge on any atom is 0.408 e. The van der Waals surface area contributed by atoms with Crippen molar-refractivity contribution in [2.24, 2.45) is 11.8 Å². The number of carbonyl (C=O) groups is 2. The van der Waals surface area contributed by atoms with Crippen molar-refractivity contribution >= 4 is 12.2 Å². The molecule has 4 aromatic rings. The van der Waals surface area contributed by atoms with Gasteiger partial charge in [0.25, 0.3) is 0 Å². The predicted molar refractivity (Wildman–Crippen MR) is 181 cm³/mol. The number of H-pyrrole nitrogens is 2. The molecule has 0 saturated heterocycles. The van der Waals surface area contributed by atoms with Crippen LogP contribution in [0.3, 0.4) is 0 Å². The molecular formula is C36H48N6O4. The number of ether oxygens (including phenoxy) is 2. The van der Waals surface area contributed by atoms with E-state index < -0.39 is 23.4 Å². The molecule has 2 aromatic heterocycles. The van der Waals surface area contributed by atoms with E-state index in [0.717, 1.165) is 33.6 Å². The number of alkyl carbamates (subject to hydrolysis) is 2. The van der Waals surface area contributed by atoms with Crippen molar-refractivity contribution in [3.8, 4) is 33.6 Å². The summed E-state index contributed by atoms with van der Waals surface area (Å²) in [6.45, 7) is 19.2. The van der Waals surface area contributed by atoms with E-state index in [1.807, 2.05) is 69.2 Å². The number of imidazole rings is 2. The zero-order valence-corrected chi connectivity index (χ0v) is 28.6. The van der Waals surface area contributed by atoms with Crippen LogP contribution >= 0.6 is 0 Å². The van der Waals surface area contributed by atoms with Gasteiger partial charge in [0.2, 0.25) is 0 Å². The molecule has 2 heterocycles. The zero-order valence-electron chi connectivity index (χ0n) is 28.6. The van der Waals surface area contributed by atoms with Crippen LogP contribution in [0.4, 0.5) is 9.59 Å². The molecule has 0 aliphatic rings. The number of nitrogens with one attached hydrogen (secondary N) is 4. The minimum Gasteiger partial charge on any atom is -0.444 e. The summed E-state index contributed by atoms with van der Waals surface area (Å²) in [7, 11) is 0. The fourth-order valence-corrected chi connectivity index (χ4v) is 4.94. The Morgan fingerprint density at radius 1 is 0.587 bits per heavy atom. The third kappa shape index (κ3) is 9.22. The van der Waals surface area contributed by atoms with Crippen LogP contribution in [0, 0.1) is 11.8 Å². The smallest absolute Gasteiger partial charge is 0.408 e. The van der Waals surface area contributed by atoms with Crippen LogP contribution < -0.4 is 10.6 Å². The molecule has 10 nitrogen and oxygen atoms in total. The Hall–Kier alpha value is -4.60. The van der Waals surface area contributed by atoms with Crippen LogP contribution in [0.15, 0.2) is 60.9 Å². The van der Waals surface area contributed by atoms with Gasteiger partial charge >= 0.3 is 12.2 Å². The quantitative estimate of drug-likeness (QED) is 0.147. The van der Waals surface area contributed by atoms with Crippen LogP contribution in [0.1, 0.15) is 93.0 Å². The second-order valence-electron chi connectivity index (χ2n) is 14.3. The van der Waals surface area contributed by atoms with Crippen molar-refractivity contribution in [2.75, 3.05) is 0 Å². The zero-order chi connectivity index (χ0) is 33.8. The van der Waals surface area contributed by atoms with Gasteiger partial charge in [0.05, 0.1) is 35.9 Å². The highest BCUT2D eigenvalue weighted by Gasteiger charge is 2.26. The van der Waals surface area contributed by atoms with Gasteiger partial charge in [-0.15, -0.1) is 0 Å². The third-order valence-corrected chi connectivity index (χ3v) is 7.18. The summed E-state index contributed by atoms with van der Waals surface area (Å²) in [5.74, 6) is 1.57. The number of aromatic nitrogens is 4. The fourth-order valence-electron chi connectivity index (χ4n) is 4.94. The lowest BCUT2D eigenvalue weighted by Crippen LogP contribution is -2.37. The maximum atomic E-state index is 12.4. The second kappa shape index (κ2) is 13.8. The van der Waals surface area contributed by atoms with Gasteiger partial charge in [0, 0.05) is 0 Å². The minimum atomic E-state index is -0.579. The fraction of sp³-hybridized carbons (Fsp3) is 0.444. The van der Waals surface area contributed by atoms with Gasteiger partial charge in [-0.05, 0) is 75.6 Å². The van der Waals surface area contributed by atoms with Gasteiger partial charge in [-0.3, -0.25) is 0 Å². The second-order valence-corrected chi connectivity index (χ2v) is 14.3. The van der Waals surface area contributed by atoms with Gasteiger partial charge in [0.15, 0.2) is 0 Å². The summed E-state index contributed by atoms with van der Waals surface area (Å²) >= 11 is 0. The van der Waals surface area contributed by atoms with Crippen LogP contribution in [0.5, 0.6) is 0 Å². The SMILES string of the molecule is CC(C)[C@H](NC(=O)OC(C)(C)C)c1ncc(-c2ccc(-c3ccc(-c4cnc([C@H](NC(=O)OC(C)(C)C)C(C)C)[nH]4)cc3)cc2)[nH]1. The van der Waals surface area contributed by atoms with E-state index in [1.165, 1.54) is 0 Å². The average molecular weight is 629 g/mol. The Kier molecular flexibility index (Phi) is 10.3. The Balaban J connectivity index is 1.44. The van der Waals surface area contributed by atoms with Crippen LogP contribution in [-0.4, -0.2) is 43.3 Å². The molecule has 0 aliphatic carbocycles. The van der Waals surface area contributed by atoms with Crippen molar-refractivity contribution in [3.05, 3.63) is 72.6 Å². The Morgan fingerprint density at radius 3 is 1.17 bits per heavy atom. The van der Waals surface area contributed by atoms with Gasteiger partial charge in [-0.2, -0.15) is 0 Å². The highest BCUT2D eigenvalue weighted by molar-refractivity contribution is 5.72. The molecule has 4 N–H and O–H groups in total. The number of carbonyl (C=O) groups excluding carboxylic acids is 2. The Morgan fingerprint density at radius 2 is 0.891 bits per heavy atom. The van der Waals surface area contributed by atoms with Crippen molar-refractivity contribution in [2.45, 2.75) is 92.5 Å². The van der Waals surface area contributed by atoms with Gasteiger partial charge < -0.3 is 30.1 Å². The molecule has 4 rings (SSSR count). The number of nitrogens with zero attached hydrogens (tertiary/aromatic N) is 2. The monoisotopic (exact) mass is 628 g/mol. The van der Waals surface area contributed by atoms with Gasteiger partial charge in [0.1, 0.15) is 22.9 Å². The maximum absolute atomic E-state index is 12.4.